The van der Waals surface area contributed by atoms with Crippen LogP contribution < -0.4 is 0 Å². The van der Waals surface area contributed by atoms with E-state index in [0.717, 1.165) is 102 Å². The monoisotopic (exact) mass is 1370 g/mol. The molecule has 0 fully saturated rings. The molecule has 0 aliphatic heterocycles. The largest absolute Gasteiger partial charge is 0.472 e. The van der Waals surface area contributed by atoms with Gasteiger partial charge in [-0.3, -0.25) is 37.3 Å². The van der Waals surface area contributed by atoms with E-state index >= 15 is 0 Å². The van der Waals surface area contributed by atoms with Crippen molar-refractivity contribution in [3.8, 4) is 0 Å². The Morgan fingerprint density at radius 2 is 0.495 bits per heavy atom. The second-order valence-corrected chi connectivity index (χ2v) is 30.1. The minimum atomic E-state index is -4.95. The van der Waals surface area contributed by atoms with Gasteiger partial charge in [-0.15, -0.1) is 0 Å². The summed E-state index contributed by atoms with van der Waals surface area (Å²) in [5, 5.41) is 10.6. The van der Waals surface area contributed by atoms with E-state index in [1.165, 1.54) is 205 Å². The molecule has 0 aliphatic carbocycles. The molecule has 0 aromatic carbocycles. The Balaban J connectivity index is 5.22. The maximum atomic E-state index is 13.1. The van der Waals surface area contributed by atoms with Gasteiger partial charge >= 0.3 is 39.5 Å². The molecule has 0 rings (SSSR count). The number of phosphoric ester groups is 2. The van der Waals surface area contributed by atoms with Crippen molar-refractivity contribution in [3.05, 3.63) is 0 Å². The fraction of sp³-hybridized carbons (Fsp3) is 0.946. The molecule has 0 aromatic rings. The van der Waals surface area contributed by atoms with Gasteiger partial charge in [-0.1, -0.05) is 336 Å². The van der Waals surface area contributed by atoms with Crippen LogP contribution in [0.3, 0.4) is 0 Å². The Kier molecular flexibility index (Phi) is 65.9. The van der Waals surface area contributed by atoms with Gasteiger partial charge in [-0.05, 0) is 31.6 Å². The molecule has 0 spiro atoms. The van der Waals surface area contributed by atoms with Crippen molar-refractivity contribution >= 4 is 39.5 Å². The zero-order valence-corrected chi connectivity index (χ0v) is 62.2. The van der Waals surface area contributed by atoms with Gasteiger partial charge in [0.1, 0.15) is 19.3 Å². The van der Waals surface area contributed by atoms with E-state index in [-0.39, 0.29) is 25.7 Å². The molecule has 0 amide bonds. The number of carbonyl (C=O) groups excluding carboxylic acids is 4. The SMILES string of the molecule is CCCCCCCCCCCCCCCCCC(=O)OC[C@H](COP(=O)(O)OC[C@@H](O)COP(=O)(O)OC[C@@H](COC(=O)CCCCCCCCCC)OC(=O)CCCCCCCCCCCCCCCCC)OC(=O)CCCCCCCCCCCCCCC(C)C. The summed E-state index contributed by atoms with van der Waals surface area (Å²) < 4.78 is 68.4. The van der Waals surface area contributed by atoms with Crippen molar-refractivity contribution < 1.29 is 80.2 Å². The quantitative estimate of drug-likeness (QED) is 0.0222. The summed E-state index contributed by atoms with van der Waals surface area (Å²) in [6, 6.07) is 0. The Morgan fingerprint density at radius 3 is 0.731 bits per heavy atom. The van der Waals surface area contributed by atoms with Gasteiger partial charge in [-0.25, -0.2) is 9.13 Å². The fourth-order valence-corrected chi connectivity index (χ4v) is 12.9. The van der Waals surface area contributed by atoms with Crippen LogP contribution in [-0.4, -0.2) is 96.7 Å². The fourth-order valence-electron chi connectivity index (χ4n) is 11.4. The van der Waals surface area contributed by atoms with Crippen LogP contribution >= 0.6 is 15.6 Å². The van der Waals surface area contributed by atoms with E-state index in [1.807, 2.05) is 0 Å². The Morgan fingerprint density at radius 1 is 0.290 bits per heavy atom. The zero-order valence-electron chi connectivity index (χ0n) is 60.4. The van der Waals surface area contributed by atoms with Crippen LogP contribution in [0.15, 0.2) is 0 Å². The van der Waals surface area contributed by atoms with E-state index in [4.69, 9.17) is 37.0 Å². The molecular weight excluding hydrogens is 1220 g/mol. The number of aliphatic hydroxyl groups is 1. The molecule has 0 aliphatic rings. The van der Waals surface area contributed by atoms with E-state index in [1.54, 1.807) is 0 Å². The maximum Gasteiger partial charge on any atom is 0.472 e. The molecule has 17 nitrogen and oxygen atoms in total. The average molecular weight is 1370 g/mol. The molecule has 0 bridgehead atoms. The number of esters is 4. The van der Waals surface area contributed by atoms with E-state index in [9.17, 15) is 43.2 Å². The first kappa shape index (κ1) is 91.1. The minimum absolute atomic E-state index is 0.108. The molecule has 19 heteroatoms. The Bertz CT molecular complexity index is 1790. The summed E-state index contributed by atoms with van der Waals surface area (Å²) >= 11 is 0. The third-order valence-electron chi connectivity index (χ3n) is 17.3. The highest BCUT2D eigenvalue weighted by Crippen LogP contribution is 2.45. The smallest absolute Gasteiger partial charge is 0.462 e. The van der Waals surface area contributed by atoms with Gasteiger partial charge in [0.15, 0.2) is 12.2 Å². The van der Waals surface area contributed by atoms with Crippen molar-refractivity contribution in [1.29, 1.82) is 0 Å². The molecule has 3 N–H and O–H groups in total. The summed E-state index contributed by atoms with van der Waals surface area (Å²) in [5.74, 6) is -1.34. The summed E-state index contributed by atoms with van der Waals surface area (Å²) in [5.41, 5.74) is 0. The van der Waals surface area contributed by atoms with Crippen LogP contribution in [0.1, 0.15) is 388 Å². The number of ether oxygens (including phenoxy) is 4. The first-order valence-corrected chi connectivity index (χ1v) is 41.6. The first-order valence-electron chi connectivity index (χ1n) is 38.6. The molecule has 0 aromatic heterocycles. The topological polar surface area (TPSA) is 237 Å². The predicted molar refractivity (Wildman–Crippen MR) is 377 cm³/mol. The lowest BCUT2D eigenvalue weighted by atomic mass is 10.0. The van der Waals surface area contributed by atoms with Gasteiger partial charge in [0, 0.05) is 25.7 Å². The van der Waals surface area contributed by atoms with Crippen molar-refractivity contribution in [2.75, 3.05) is 39.6 Å². The van der Waals surface area contributed by atoms with E-state index in [0.29, 0.717) is 25.7 Å². The first-order chi connectivity index (χ1) is 45.0. The molecule has 0 radical (unpaired) electrons. The third-order valence-corrected chi connectivity index (χ3v) is 19.2. The van der Waals surface area contributed by atoms with Gasteiger partial charge < -0.3 is 33.8 Å². The van der Waals surface area contributed by atoms with Crippen LogP contribution in [0.25, 0.3) is 0 Å². The lowest BCUT2D eigenvalue weighted by molar-refractivity contribution is -0.161. The summed E-state index contributed by atoms with van der Waals surface area (Å²) in [7, 11) is -9.90. The van der Waals surface area contributed by atoms with Crippen molar-refractivity contribution in [3.63, 3.8) is 0 Å². The molecule has 0 heterocycles. The van der Waals surface area contributed by atoms with Crippen molar-refractivity contribution in [1.82, 2.24) is 0 Å². The number of unbranched alkanes of at least 4 members (excludes halogenated alkanes) is 46. The summed E-state index contributed by atoms with van der Waals surface area (Å²) in [6.07, 6.45) is 55.4. The van der Waals surface area contributed by atoms with Crippen LogP contribution in [0.5, 0.6) is 0 Å². The van der Waals surface area contributed by atoms with Crippen LogP contribution in [0.2, 0.25) is 0 Å². The number of aliphatic hydroxyl groups excluding tert-OH is 1. The summed E-state index contributed by atoms with van der Waals surface area (Å²) in [6.45, 7) is 7.27. The maximum absolute atomic E-state index is 13.1. The van der Waals surface area contributed by atoms with Crippen LogP contribution in [0, 0.1) is 5.92 Å². The molecule has 93 heavy (non-hydrogen) atoms. The number of rotatable bonds is 74. The highest BCUT2D eigenvalue weighted by Gasteiger charge is 2.30. The van der Waals surface area contributed by atoms with E-state index < -0.39 is 97.5 Å². The third kappa shape index (κ3) is 68.4. The van der Waals surface area contributed by atoms with Crippen LogP contribution in [-0.2, 0) is 65.4 Å². The van der Waals surface area contributed by atoms with Gasteiger partial charge in [0.2, 0.25) is 0 Å². The molecular formula is C74H144O17P2. The molecule has 0 saturated heterocycles. The van der Waals surface area contributed by atoms with E-state index in [2.05, 4.69) is 34.6 Å². The molecule has 5 atom stereocenters. The number of hydrogen-bond donors (Lipinski definition) is 3. The number of hydrogen-bond acceptors (Lipinski definition) is 15. The van der Waals surface area contributed by atoms with Gasteiger partial charge in [0.05, 0.1) is 26.4 Å². The zero-order chi connectivity index (χ0) is 68.4. The summed E-state index contributed by atoms with van der Waals surface area (Å²) in [4.78, 5) is 72.7. The second-order valence-electron chi connectivity index (χ2n) is 27.2. The lowest BCUT2D eigenvalue weighted by Gasteiger charge is -2.21. The van der Waals surface area contributed by atoms with Gasteiger partial charge in [0.25, 0.3) is 0 Å². The minimum Gasteiger partial charge on any atom is -0.462 e. The molecule has 552 valence electrons. The average Bonchev–Trinajstić information content (AvgIpc) is 3.68. The number of carbonyl (C=O) groups is 4. The highest BCUT2D eigenvalue weighted by molar-refractivity contribution is 7.47. The molecule has 2 unspecified atom stereocenters. The lowest BCUT2D eigenvalue weighted by Crippen LogP contribution is -2.30. The normalized spacial score (nSPS) is 14.0. The Labute approximate surface area is 568 Å². The highest BCUT2D eigenvalue weighted by atomic mass is 31.2. The molecule has 0 saturated carbocycles. The van der Waals surface area contributed by atoms with Crippen molar-refractivity contribution in [2.24, 2.45) is 5.92 Å². The van der Waals surface area contributed by atoms with Gasteiger partial charge in [-0.2, -0.15) is 0 Å². The van der Waals surface area contributed by atoms with Crippen LogP contribution in [0.4, 0.5) is 0 Å². The number of phosphoric acid groups is 2. The Hall–Kier alpha value is -1.94. The second kappa shape index (κ2) is 67.3. The van der Waals surface area contributed by atoms with Crippen molar-refractivity contribution in [2.45, 2.75) is 406 Å². The predicted octanol–water partition coefficient (Wildman–Crippen LogP) is 21.7. The standard InChI is InChI=1S/C74H144O17P2/c1-6-9-12-15-18-21-23-25-27-29-34-38-43-48-53-58-72(77)85-64-70(91-74(79)60-55-50-45-40-36-32-31-33-37-41-46-51-56-67(4)5)66-89-93(82,83)87-62-68(75)61-86-92(80,81)88-65-69(63-84-71(76)57-52-47-42-20-17-14-11-8-3)90-73(78)59-54-49-44-39-35-30-28-26-24-22-19-16-13-10-7-2/h67-70,75H,6-66H2,1-5H3,(H,80,81)(H,82,83)/t68-,69+,70+/m0/s1.